The number of rotatable bonds is 3. The smallest absolute Gasteiger partial charge is 0.270 e. The third-order valence-electron chi connectivity index (χ3n) is 2.35. The molecule has 0 aliphatic carbocycles. The zero-order chi connectivity index (χ0) is 14.5. The van der Waals surface area contributed by atoms with Gasteiger partial charge in [0.25, 0.3) is 5.91 Å². The molecule has 1 heterocycles. The molecule has 0 fully saturated rings. The Hall–Kier alpha value is -2.39. The van der Waals surface area contributed by atoms with Gasteiger partial charge in [-0.3, -0.25) is 9.59 Å². The maximum atomic E-state index is 11.8. The van der Waals surface area contributed by atoms with E-state index in [0.717, 1.165) is 0 Å². The van der Waals surface area contributed by atoms with E-state index in [1.165, 1.54) is 26.1 Å². The van der Waals surface area contributed by atoms with Crippen molar-refractivity contribution in [3.05, 3.63) is 29.6 Å². The number of hydrogen-bond donors (Lipinski definition) is 3. The predicted octanol–water partition coefficient (Wildman–Crippen LogP) is -0.581. The van der Waals surface area contributed by atoms with Crippen LogP contribution in [0.2, 0.25) is 0 Å². The van der Waals surface area contributed by atoms with Crippen molar-refractivity contribution in [3.8, 4) is 11.8 Å². The summed E-state index contributed by atoms with van der Waals surface area (Å²) in [7, 11) is 0. The molecule has 1 aromatic heterocycles. The zero-order valence-electron chi connectivity index (χ0n) is 10.7. The van der Waals surface area contributed by atoms with Gasteiger partial charge in [0.2, 0.25) is 5.91 Å². The SMILES string of the molecule is CC(C)(NC(=O)c1ccc(C#CCO)cn1)C(N)=O. The molecule has 1 rings (SSSR count). The molecule has 0 aliphatic heterocycles. The summed E-state index contributed by atoms with van der Waals surface area (Å²) < 4.78 is 0. The van der Waals surface area contributed by atoms with Crippen molar-refractivity contribution in [2.45, 2.75) is 19.4 Å². The molecule has 19 heavy (non-hydrogen) atoms. The zero-order valence-corrected chi connectivity index (χ0v) is 10.7. The van der Waals surface area contributed by atoms with Crippen LogP contribution < -0.4 is 11.1 Å². The standard InChI is InChI=1S/C13H15N3O3/c1-13(2,12(14)19)16-11(18)10-6-5-9(8-15-10)4-3-7-17/h5-6,8,17H,7H2,1-2H3,(H2,14,19)(H,16,18). The van der Waals surface area contributed by atoms with Crippen molar-refractivity contribution >= 4 is 11.8 Å². The van der Waals surface area contributed by atoms with E-state index in [1.54, 1.807) is 6.07 Å². The van der Waals surface area contributed by atoms with E-state index in [4.69, 9.17) is 10.8 Å². The highest BCUT2D eigenvalue weighted by atomic mass is 16.2. The summed E-state index contributed by atoms with van der Waals surface area (Å²) in [6, 6.07) is 3.08. The van der Waals surface area contributed by atoms with Crippen molar-refractivity contribution in [3.63, 3.8) is 0 Å². The third kappa shape index (κ3) is 4.08. The van der Waals surface area contributed by atoms with Gasteiger partial charge in [0.15, 0.2) is 0 Å². The van der Waals surface area contributed by atoms with Gasteiger partial charge in [-0.1, -0.05) is 11.8 Å². The van der Waals surface area contributed by atoms with Crippen molar-refractivity contribution in [1.82, 2.24) is 10.3 Å². The lowest BCUT2D eigenvalue weighted by molar-refractivity contribution is -0.122. The second-order valence-corrected chi connectivity index (χ2v) is 4.34. The Morgan fingerprint density at radius 2 is 2.16 bits per heavy atom. The fourth-order valence-electron chi connectivity index (χ4n) is 1.15. The van der Waals surface area contributed by atoms with Crippen molar-refractivity contribution in [1.29, 1.82) is 0 Å². The molecule has 0 saturated heterocycles. The fourth-order valence-corrected chi connectivity index (χ4v) is 1.15. The number of nitrogens with zero attached hydrogens (tertiary/aromatic N) is 1. The monoisotopic (exact) mass is 261 g/mol. The van der Waals surface area contributed by atoms with Crippen molar-refractivity contribution in [2.75, 3.05) is 6.61 Å². The summed E-state index contributed by atoms with van der Waals surface area (Å²) in [5.41, 5.74) is 4.75. The average molecular weight is 261 g/mol. The van der Waals surface area contributed by atoms with Crippen molar-refractivity contribution in [2.24, 2.45) is 5.73 Å². The van der Waals surface area contributed by atoms with Gasteiger partial charge in [-0.05, 0) is 26.0 Å². The van der Waals surface area contributed by atoms with Gasteiger partial charge in [-0.15, -0.1) is 0 Å². The second-order valence-electron chi connectivity index (χ2n) is 4.34. The molecule has 0 aliphatic rings. The van der Waals surface area contributed by atoms with Crippen LogP contribution in [0.4, 0.5) is 0 Å². The Labute approximate surface area is 111 Å². The molecule has 1 aromatic rings. The molecule has 0 spiro atoms. The van der Waals surface area contributed by atoms with Gasteiger partial charge in [-0.25, -0.2) is 4.98 Å². The lowest BCUT2D eigenvalue weighted by Crippen LogP contribution is -2.53. The largest absolute Gasteiger partial charge is 0.384 e. The minimum atomic E-state index is -1.14. The summed E-state index contributed by atoms with van der Waals surface area (Å²) in [5, 5.41) is 11.0. The number of pyridine rings is 1. The van der Waals surface area contributed by atoms with E-state index in [9.17, 15) is 9.59 Å². The van der Waals surface area contributed by atoms with Gasteiger partial charge in [0.1, 0.15) is 17.8 Å². The first-order valence-electron chi connectivity index (χ1n) is 5.55. The lowest BCUT2D eigenvalue weighted by atomic mass is 10.0. The van der Waals surface area contributed by atoms with Crippen LogP contribution in [0, 0.1) is 11.8 Å². The van der Waals surface area contributed by atoms with Crippen LogP contribution in [0.15, 0.2) is 18.3 Å². The number of primary amides is 1. The van der Waals surface area contributed by atoms with E-state index in [0.29, 0.717) is 5.56 Å². The number of carbonyl (C=O) groups is 2. The Bertz CT molecular complexity index is 538. The second kappa shape index (κ2) is 5.98. The van der Waals surface area contributed by atoms with Crippen molar-refractivity contribution < 1.29 is 14.7 Å². The highest BCUT2D eigenvalue weighted by molar-refractivity contribution is 5.97. The molecule has 0 radical (unpaired) electrons. The van der Waals surface area contributed by atoms with Crippen LogP contribution in [-0.4, -0.2) is 34.1 Å². The summed E-state index contributed by atoms with van der Waals surface area (Å²) in [4.78, 5) is 26.9. The Kier molecular flexibility index (Phi) is 4.62. The Balaban J connectivity index is 2.82. The number of amides is 2. The molecule has 0 unspecified atom stereocenters. The highest BCUT2D eigenvalue weighted by Crippen LogP contribution is 2.04. The van der Waals surface area contributed by atoms with E-state index in [1.807, 2.05) is 0 Å². The van der Waals surface area contributed by atoms with Crippen LogP contribution >= 0.6 is 0 Å². The molecule has 0 bridgehead atoms. The minimum Gasteiger partial charge on any atom is -0.384 e. The first kappa shape index (κ1) is 14.7. The predicted molar refractivity (Wildman–Crippen MR) is 68.9 cm³/mol. The average Bonchev–Trinajstić information content (AvgIpc) is 2.36. The van der Waals surface area contributed by atoms with Gasteiger partial charge < -0.3 is 16.2 Å². The number of hydrogen-bond acceptors (Lipinski definition) is 4. The summed E-state index contributed by atoms with van der Waals surface area (Å²) in [6.45, 7) is 2.78. The topological polar surface area (TPSA) is 105 Å². The van der Waals surface area contributed by atoms with Gasteiger partial charge in [-0.2, -0.15) is 0 Å². The maximum absolute atomic E-state index is 11.8. The molecule has 6 heteroatoms. The molecule has 2 amide bonds. The van der Waals surface area contributed by atoms with E-state index >= 15 is 0 Å². The number of carbonyl (C=O) groups excluding carboxylic acids is 2. The normalized spacial score (nSPS) is 10.3. The lowest BCUT2D eigenvalue weighted by Gasteiger charge is -2.21. The van der Waals surface area contributed by atoms with Gasteiger partial charge >= 0.3 is 0 Å². The molecule has 0 saturated carbocycles. The molecule has 0 atom stereocenters. The molecular formula is C13H15N3O3. The highest BCUT2D eigenvalue weighted by Gasteiger charge is 2.27. The third-order valence-corrected chi connectivity index (χ3v) is 2.35. The van der Waals surface area contributed by atoms with Crippen LogP contribution in [-0.2, 0) is 4.79 Å². The van der Waals surface area contributed by atoms with Crippen LogP contribution in [0.1, 0.15) is 29.9 Å². The number of nitrogens with one attached hydrogen (secondary N) is 1. The molecule has 4 N–H and O–H groups in total. The van der Waals surface area contributed by atoms with E-state index in [-0.39, 0.29) is 12.3 Å². The summed E-state index contributed by atoms with van der Waals surface area (Å²) in [5.74, 6) is 4.00. The molecular weight excluding hydrogens is 246 g/mol. The first-order chi connectivity index (χ1) is 8.86. The number of aromatic nitrogens is 1. The molecule has 100 valence electrons. The van der Waals surface area contributed by atoms with Crippen LogP contribution in [0.25, 0.3) is 0 Å². The van der Waals surface area contributed by atoms with Crippen LogP contribution in [0.5, 0.6) is 0 Å². The quantitative estimate of drug-likeness (QED) is 0.633. The summed E-state index contributed by atoms with van der Waals surface area (Å²) in [6.07, 6.45) is 1.41. The fraction of sp³-hybridized carbons (Fsp3) is 0.308. The van der Waals surface area contributed by atoms with Crippen LogP contribution in [0.3, 0.4) is 0 Å². The number of nitrogens with two attached hydrogens (primary N) is 1. The number of aliphatic hydroxyl groups excluding tert-OH is 1. The number of aliphatic hydroxyl groups is 1. The van der Waals surface area contributed by atoms with Gasteiger partial charge in [0, 0.05) is 11.8 Å². The Morgan fingerprint density at radius 3 is 2.63 bits per heavy atom. The van der Waals surface area contributed by atoms with E-state index < -0.39 is 17.4 Å². The Morgan fingerprint density at radius 1 is 1.47 bits per heavy atom. The minimum absolute atomic E-state index is 0.156. The van der Waals surface area contributed by atoms with E-state index in [2.05, 4.69) is 22.1 Å². The maximum Gasteiger partial charge on any atom is 0.270 e. The molecule has 6 nitrogen and oxygen atoms in total. The molecule has 0 aromatic carbocycles. The summed E-state index contributed by atoms with van der Waals surface area (Å²) >= 11 is 0. The first-order valence-corrected chi connectivity index (χ1v) is 5.55. The van der Waals surface area contributed by atoms with Gasteiger partial charge in [0.05, 0.1) is 0 Å².